The van der Waals surface area contributed by atoms with E-state index in [1.165, 1.54) is 65.6 Å². The third-order valence-corrected chi connectivity index (χ3v) is 6.19. The first-order valence-electron chi connectivity index (χ1n) is 12.5. The van der Waals surface area contributed by atoms with Crippen LogP contribution in [0, 0.1) is 16.0 Å². The lowest BCUT2D eigenvalue weighted by Crippen LogP contribution is -2.27. The summed E-state index contributed by atoms with van der Waals surface area (Å²) >= 11 is 0. The Hall–Kier alpha value is -5.39. The SMILES string of the molecule is CCOC(=O)c1ccc(N2C[C@H](C(=O)OCC(=O)c3ccc(OC(=O)c4ccc([N+](=O)[O-])cc4)cc3)CC2=O)cc1. The number of nitro benzene ring substituents is 1. The Balaban J connectivity index is 1.27. The van der Waals surface area contributed by atoms with Crippen molar-refractivity contribution in [3.8, 4) is 5.75 Å². The molecule has 41 heavy (non-hydrogen) atoms. The minimum atomic E-state index is -0.763. The van der Waals surface area contributed by atoms with Crippen LogP contribution in [0.15, 0.2) is 72.8 Å². The van der Waals surface area contributed by atoms with Gasteiger partial charge in [0, 0.05) is 36.3 Å². The Morgan fingerprint density at radius 3 is 2.05 bits per heavy atom. The average molecular weight is 561 g/mol. The maximum Gasteiger partial charge on any atom is 0.343 e. The summed E-state index contributed by atoms with van der Waals surface area (Å²) in [6.45, 7) is 1.47. The summed E-state index contributed by atoms with van der Waals surface area (Å²) in [6, 6.07) is 16.7. The highest BCUT2D eigenvalue weighted by molar-refractivity contribution is 6.01. The van der Waals surface area contributed by atoms with Gasteiger partial charge in [-0.2, -0.15) is 0 Å². The fourth-order valence-electron chi connectivity index (χ4n) is 4.04. The molecule has 0 spiro atoms. The van der Waals surface area contributed by atoms with Gasteiger partial charge in [0.15, 0.2) is 12.4 Å². The Labute approximate surface area is 233 Å². The molecule has 1 fully saturated rings. The number of benzene rings is 3. The highest BCUT2D eigenvalue weighted by Crippen LogP contribution is 2.26. The van der Waals surface area contributed by atoms with Gasteiger partial charge in [-0.25, -0.2) is 9.59 Å². The van der Waals surface area contributed by atoms with Crippen molar-refractivity contribution in [3.05, 3.63) is 99.6 Å². The van der Waals surface area contributed by atoms with Crippen molar-refractivity contribution >= 4 is 41.0 Å². The number of non-ortho nitro benzene ring substituents is 1. The molecule has 0 bridgehead atoms. The van der Waals surface area contributed by atoms with Gasteiger partial charge >= 0.3 is 17.9 Å². The molecule has 4 rings (SSSR count). The predicted molar refractivity (Wildman–Crippen MR) is 143 cm³/mol. The summed E-state index contributed by atoms with van der Waals surface area (Å²) in [5.41, 5.74) is 1.01. The van der Waals surface area contributed by atoms with Crippen LogP contribution in [0.2, 0.25) is 0 Å². The largest absolute Gasteiger partial charge is 0.462 e. The Bertz CT molecular complexity index is 1480. The molecular weight excluding hydrogens is 536 g/mol. The van der Waals surface area contributed by atoms with E-state index in [1.54, 1.807) is 19.1 Å². The maximum absolute atomic E-state index is 12.6. The predicted octanol–water partition coefficient (Wildman–Crippen LogP) is 3.77. The zero-order chi connectivity index (χ0) is 29.5. The summed E-state index contributed by atoms with van der Waals surface area (Å²) in [5.74, 6) is -3.31. The second kappa shape index (κ2) is 12.6. The van der Waals surface area contributed by atoms with E-state index >= 15 is 0 Å². The lowest BCUT2D eigenvalue weighted by Gasteiger charge is -2.17. The Morgan fingerprint density at radius 1 is 0.854 bits per heavy atom. The van der Waals surface area contributed by atoms with Crippen LogP contribution < -0.4 is 9.64 Å². The summed E-state index contributed by atoms with van der Waals surface area (Å²) in [6.07, 6.45) is -0.0819. The summed E-state index contributed by atoms with van der Waals surface area (Å²) in [7, 11) is 0. The molecule has 1 heterocycles. The first-order valence-corrected chi connectivity index (χ1v) is 12.5. The van der Waals surface area contributed by atoms with Crippen molar-refractivity contribution in [2.75, 3.05) is 24.7 Å². The lowest BCUT2D eigenvalue weighted by atomic mass is 10.1. The molecule has 3 aromatic rings. The number of anilines is 1. The van der Waals surface area contributed by atoms with E-state index in [0.29, 0.717) is 11.3 Å². The summed E-state index contributed by atoms with van der Waals surface area (Å²) in [5, 5.41) is 10.7. The maximum atomic E-state index is 12.6. The molecule has 1 amide bonds. The minimum absolute atomic E-state index is 0.0689. The highest BCUT2D eigenvalue weighted by Gasteiger charge is 2.36. The molecule has 0 radical (unpaired) electrons. The van der Waals surface area contributed by atoms with Crippen LogP contribution in [0.4, 0.5) is 11.4 Å². The first-order chi connectivity index (χ1) is 19.7. The number of rotatable bonds is 10. The molecule has 210 valence electrons. The third-order valence-electron chi connectivity index (χ3n) is 6.19. The van der Waals surface area contributed by atoms with Gasteiger partial charge in [-0.3, -0.25) is 24.5 Å². The number of Topliss-reactive ketones (excluding diaryl/α,β-unsaturated/α-hetero) is 1. The molecule has 0 unspecified atom stereocenters. The van der Waals surface area contributed by atoms with Crippen LogP contribution in [0.1, 0.15) is 44.4 Å². The molecular formula is C29H24N2O10. The van der Waals surface area contributed by atoms with E-state index in [2.05, 4.69) is 0 Å². The number of nitro groups is 1. The van der Waals surface area contributed by atoms with Crippen molar-refractivity contribution in [2.45, 2.75) is 13.3 Å². The van der Waals surface area contributed by atoms with Gasteiger partial charge in [0.25, 0.3) is 5.69 Å². The van der Waals surface area contributed by atoms with Gasteiger partial charge in [0.2, 0.25) is 5.91 Å². The molecule has 3 aromatic carbocycles. The number of esters is 3. The number of amides is 1. The average Bonchev–Trinajstić information content (AvgIpc) is 3.37. The second-order valence-corrected chi connectivity index (χ2v) is 8.92. The van der Waals surface area contributed by atoms with Gasteiger partial charge in [-0.15, -0.1) is 0 Å². The normalized spacial score (nSPS) is 14.3. The molecule has 1 aliphatic heterocycles. The minimum Gasteiger partial charge on any atom is -0.462 e. The molecule has 0 saturated carbocycles. The second-order valence-electron chi connectivity index (χ2n) is 8.92. The van der Waals surface area contributed by atoms with E-state index in [1.807, 2.05) is 0 Å². The number of nitrogens with zero attached hydrogens (tertiary/aromatic N) is 2. The smallest absolute Gasteiger partial charge is 0.343 e. The first kappa shape index (κ1) is 28.6. The fraction of sp³-hybridized carbons (Fsp3) is 0.207. The van der Waals surface area contributed by atoms with Crippen LogP contribution in [-0.2, 0) is 19.1 Å². The lowest BCUT2D eigenvalue weighted by molar-refractivity contribution is -0.384. The topological polar surface area (TPSA) is 159 Å². The van der Waals surface area contributed by atoms with Crippen LogP contribution in [0.3, 0.4) is 0 Å². The number of hydrogen-bond donors (Lipinski definition) is 0. The zero-order valence-electron chi connectivity index (χ0n) is 21.8. The van der Waals surface area contributed by atoms with E-state index in [9.17, 15) is 34.1 Å². The van der Waals surface area contributed by atoms with Crippen LogP contribution in [0.25, 0.3) is 0 Å². The standard InChI is InChI=1S/C29H24N2O10/c1-2-39-27(34)19-3-9-22(10-4-19)30-16-21(15-26(30)33)28(35)40-17-25(32)18-7-13-24(14-8-18)41-29(36)20-5-11-23(12-6-20)31(37)38/h3-14,21H,2,15-17H2,1H3/t21-/m1/s1. The molecule has 12 heteroatoms. The van der Waals surface area contributed by atoms with Crippen LogP contribution in [-0.4, -0.2) is 54.3 Å². The molecule has 0 aliphatic carbocycles. The number of carbonyl (C=O) groups excluding carboxylic acids is 5. The fourth-order valence-corrected chi connectivity index (χ4v) is 4.04. The molecule has 0 N–H and O–H groups in total. The van der Waals surface area contributed by atoms with E-state index < -0.39 is 41.1 Å². The zero-order valence-corrected chi connectivity index (χ0v) is 21.8. The Kier molecular flexibility index (Phi) is 8.82. The van der Waals surface area contributed by atoms with Gasteiger partial charge in [0.05, 0.1) is 28.6 Å². The van der Waals surface area contributed by atoms with Crippen LogP contribution >= 0.6 is 0 Å². The van der Waals surface area contributed by atoms with Crippen molar-refractivity contribution in [3.63, 3.8) is 0 Å². The third kappa shape index (κ3) is 6.98. The molecule has 1 saturated heterocycles. The highest BCUT2D eigenvalue weighted by atomic mass is 16.6. The van der Waals surface area contributed by atoms with E-state index in [-0.39, 0.29) is 48.0 Å². The van der Waals surface area contributed by atoms with Gasteiger partial charge in [-0.05, 0) is 67.6 Å². The molecule has 1 aliphatic rings. The quantitative estimate of drug-likeness (QED) is 0.117. The number of carbonyl (C=O) groups is 5. The number of hydrogen-bond acceptors (Lipinski definition) is 10. The molecule has 12 nitrogen and oxygen atoms in total. The summed E-state index contributed by atoms with van der Waals surface area (Å²) < 4.78 is 15.3. The van der Waals surface area contributed by atoms with Crippen molar-refractivity contribution < 1.29 is 43.1 Å². The number of ether oxygens (including phenoxy) is 3. The van der Waals surface area contributed by atoms with Gasteiger partial charge in [-0.1, -0.05) is 0 Å². The van der Waals surface area contributed by atoms with Crippen LogP contribution in [0.5, 0.6) is 5.75 Å². The number of ketones is 1. The van der Waals surface area contributed by atoms with E-state index in [0.717, 1.165) is 0 Å². The molecule has 0 aromatic heterocycles. The van der Waals surface area contributed by atoms with Gasteiger partial charge < -0.3 is 19.1 Å². The molecule has 1 atom stereocenters. The monoisotopic (exact) mass is 560 g/mol. The summed E-state index contributed by atoms with van der Waals surface area (Å²) in [4.78, 5) is 73.3. The Morgan fingerprint density at radius 2 is 1.44 bits per heavy atom. The van der Waals surface area contributed by atoms with Crippen molar-refractivity contribution in [1.82, 2.24) is 0 Å². The van der Waals surface area contributed by atoms with Crippen molar-refractivity contribution in [2.24, 2.45) is 5.92 Å². The van der Waals surface area contributed by atoms with Crippen molar-refractivity contribution in [1.29, 1.82) is 0 Å². The van der Waals surface area contributed by atoms with Gasteiger partial charge in [0.1, 0.15) is 5.75 Å². The van der Waals surface area contributed by atoms with E-state index in [4.69, 9.17) is 14.2 Å².